The lowest BCUT2D eigenvalue weighted by molar-refractivity contribution is 0.0854. The van der Waals surface area contributed by atoms with Crippen molar-refractivity contribution in [2.45, 2.75) is 80.1 Å². The Bertz CT molecular complexity index is 2850. The number of aromatic amines is 2. The lowest BCUT2D eigenvalue weighted by Gasteiger charge is -2.19. The maximum Gasteiger partial charge on any atom is 0.173 e. The van der Waals surface area contributed by atoms with E-state index in [0.717, 1.165) is 73.0 Å². The molecular formula is C52H58BrN9O2. The molecule has 7 heterocycles. The predicted molar refractivity (Wildman–Crippen MR) is 264 cm³/mol. The van der Waals surface area contributed by atoms with E-state index >= 15 is 0 Å². The Morgan fingerprint density at radius 3 is 1.34 bits per heavy atom. The van der Waals surface area contributed by atoms with Crippen LogP contribution in [0.3, 0.4) is 0 Å². The maximum absolute atomic E-state index is 13.8. The minimum Gasteiger partial charge on any atom is -0.372 e. The molecule has 0 unspecified atom stereocenters. The normalized spacial score (nSPS) is 15.6. The molecule has 3 aliphatic heterocycles. The van der Waals surface area contributed by atoms with Gasteiger partial charge < -0.3 is 24.7 Å². The first kappa shape index (κ1) is 43.4. The number of hydrogen-bond acceptors (Lipinski definition) is 9. The van der Waals surface area contributed by atoms with Crippen molar-refractivity contribution in [1.82, 2.24) is 29.9 Å². The molecule has 0 radical (unpaired) electrons. The summed E-state index contributed by atoms with van der Waals surface area (Å²) in [5, 5.41) is 0. The Kier molecular flexibility index (Phi) is 11.9. The number of benzene rings is 3. The number of ketones is 2. The van der Waals surface area contributed by atoms with Gasteiger partial charge in [-0.05, 0) is 90.9 Å². The second kappa shape index (κ2) is 17.6. The van der Waals surface area contributed by atoms with E-state index in [1.54, 1.807) is 6.20 Å². The van der Waals surface area contributed by atoms with Gasteiger partial charge in [0.15, 0.2) is 22.9 Å². The summed E-state index contributed by atoms with van der Waals surface area (Å²) in [4.78, 5) is 59.7. The fraction of sp³-hybridized carbons (Fsp3) is 0.385. The zero-order valence-electron chi connectivity index (χ0n) is 37.9. The molecule has 0 amide bonds. The van der Waals surface area contributed by atoms with Gasteiger partial charge in [-0.3, -0.25) is 9.59 Å². The lowest BCUT2D eigenvalue weighted by Crippen LogP contribution is -2.21. The number of fused-ring (bicyclic) bond motifs is 2. The molecule has 3 saturated heterocycles. The molecule has 3 aromatic carbocycles. The van der Waals surface area contributed by atoms with E-state index in [4.69, 9.17) is 15.0 Å². The number of hydrogen-bond donors (Lipinski definition) is 2. The van der Waals surface area contributed by atoms with E-state index in [1.807, 2.05) is 53.8 Å². The van der Waals surface area contributed by atoms with Crippen LogP contribution in [-0.4, -0.2) is 80.7 Å². The quantitative estimate of drug-likeness (QED) is 0.143. The number of carbonyl (C=O) groups is 2. The molecule has 3 aliphatic rings. The minimum absolute atomic E-state index is 0.0397. The second-order valence-electron chi connectivity index (χ2n) is 19.5. The van der Waals surface area contributed by atoms with Crippen molar-refractivity contribution in [3.05, 3.63) is 101 Å². The first-order valence-electron chi connectivity index (χ1n) is 22.8. The van der Waals surface area contributed by atoms with E-state index in [9.17, 15) is 9.59 Å². The fourth-order valence-electron chi connectivity index (χ4n) is 9.06. The highest BCUT2D eigenvalue weighted by Gasteiger charge is 2.32. The van der Waals surface area contributed by atoms with Crippen molar-refractivity contribution in [2.75, 3.05) is 54.0 Å². The fourth-order valence-corrected chi connectivity index (χ4v) is 9.62. The Morgan fingerprint density at radius 2 is 0.906 bits per heavy atom. The zero-order valence-corrected chi connectivity index (χ0v) is 39.5. The highest BCUT2D eigenvalue weighted by atomic mass is 79.9. The SMILES string of the molecule is CC(C)(C)C(=O)c1c(-c2cccc(N3CCCC3)c2)[nH]c2ncc(-c3cccc(N4CCCC4)c3)nc12.CC(C)(C)C(=O)c1c(Br)[nH]c2ncc(-c3cccc(N4CCCC4)c3)nc12. The van der Waals surface area contributed by atoms with Crippen molar-refractivity contribution in [1.29, 1.82) is 0 Å². The number of halogens is 1. The van der Waals surface area contributed by atoms with Gasteiger partial charge in [-0.25, -0.2) is 19.9 Å². The number of aromatic nitrogens is 6. The highest BCUT2D eigenvalue weighted by molar-refractivity contribution is 9.10. The van der Waals surface area contributed by atoms with Crippen molar-refractivity contribution in [3.63, 3.8) is 0 Å². The van der Waals surface area contributed by atoms with Gasteiger partial charge >= 0.3 is 0 Å². The molecule has 12 heteroatoms. The third kappa shape index (κ3) is 8.81. The van der Waals surface area contributed by atoms with Gasteiger partial charge in [-0.2, -0.15) is 0 Å². The molecule has 0 spiro atoms. The number of Topliss-reactive ketones (excluding diaryl/α,β-unsaturated/α-hetero) is 2. The lowest BCUT2D eigenvalue weighted by atomic mass is 9.85. The number of rotatable bonds is 8. The highest BCUT2D eigenvalue weighted by Crippen LogP contribution is 2.38. The topological polar surface area (TPSA) is 127 Å². The largest absolute Gasteiger partial charge is 0.372 e. The summed E-state index contributed by atoms with van der Waals surface area (Å²) >= 11 is 3.48. The summed E-state index contributed by atoms with van der Waals surface area (Å²) in [6, 6.07) is 25.4. The number of nitrogens with one attached hydrogen (secondary N) is 2. The molecule has 7 aromatic rings. The van der Waals surface area contributed by atoms with Gasteiger partial charge in [-0.1, -0.05) is 77.9 Å². The van der Waals surface area contributed by atoms with Crippen LogP contribution < -0.4 is 14.7 Å². The van der Waals surface area contributed by atoms with Gasteiger partial charge in [0, 0.05) is 83.9 Å². The molecule has 2 N–H and O–H groups in total. The summed E-state index contributed by atoms with van der Waals surface area (Å²) in [6.07, 6.45) is 11.0. The summed E-state index contributed by atoms with van der Waals surface area (Å²) < 4.78 is 0.639. The van der Waals surface area contributed by atoms with Crippen LogP contribution in [0.5, 0.6) is 0 Å². The smallest absolute Gasteiger partial charge is 0.173 e. The second-order valence-corrected chi connectivity index (χ2v) is 20.3. The van der Waals surface area contributed by atoms with E-state index in [-0.39, 0.29) is 11.6 Å². The van der Waals surface area contributed by atoms with Gasteiger partial charge in [0.05, 0.1) is 45.2 Å². The predicted octanol–water partition coefficient (Wildman–Crippen LogP) is 11.9. The number of nitrogens with zero attached hydrogens (tertiary/aromatic N) is 7. The number of anilines is 3. The van der Waals surface area contributed by atoms with Crippen molar-refractivity contribution in [3.8, 4) is 33.8 Å². The van der Waals surface area contributed by atoms with Crippen LogP contribution in [0.25, 0.3) is 56.1 Å². The standard InChI is InChI=1S/C31H35N5O.C21H23BrN4O/c1-31(2,3)29(37)26-27(22-11-9-13-24(19-22)36-16-6-7-17-36)34-30-28(26)33-25(20-32-30)21-10-8-12-23(18-21)35-14-4-5-15-35;1-21(2,3)18(27)16-17-20(25-19(16)22)23-12-15(24-17)13-7-6-8-14(11-13)26-9-4-5-10-26/h8-13,18-20H,4-7,14-17H2,1-3H3,(H,32,34);6-8,11-12H,4-5,9-10H2,1-3H3,(H,23,25). The third-order valence-electron chi connectivity index (χ3n) is 12.6. The zero-order chi connectivity index (χ0) is 44.8. The molecule has 0 atom stereocenters. The molecule has 64 heavy (non-hydrogen) atoms. The molecule has 4 aromatic heterocycles. The van der Waals surface area contributed by atoms with Crippen LogP contribution in [0.4, 0.5) is 17.1 Å². The Balaban J connectivity index is 0.000000170. The van der Waals surface area contributed by atoms with Crippen LogP contribution in [0.1, 0.15) is 101 Å². The molecule has 0 aliphatic carbocycles. The van der Waals surface area contributed by atoms with Crippen molar-refractivity contribution in [2.24, 2.45) is 10.8 Å². The Labute approximate surface area is 384 Å². The van der Waals surface area contributed by atoms with Crippen LogP contribution in [-0.2, 0) is 0 Å². The van der Waals surface area contributed by atoms with E-state index in [2.05, 4.69) is 112 Å². The van der Waals surface area contributed by atoms with Crippen LogP contribution in [0.15, 0.2) is 89.8 Å². The Hall–Kier alpha value is -5.88. The van der Waals surface area contributed by atoms with Crippen LogP contribution in [0.2, 0.25) is 0 Å². The molecule has 330 valence electrons. The molecule has 0 saturated carbocycles. The number of H-pyrrole nitrogens is 2. The van der Waals surface area contributed by atoms with Gasteiger partial charge in [0.2, 0.25) is 0 Å². The van der Waals surface area contributed by atoms with Crippen molar-refractivity contribution < 1.29 is 9.59 Å². The van der Waals surface area contributed by atoms with E-state index < -0.39 is 10.8 Å². The van der Waals surface area contributed by atoms with Crippen LogP contribution in [0, 0.1) is 10.8 Å². The van der Waals surface area contributed by atoms with Gasteiger partial charge in [0.25, 0.3) is 0 Å². The van der Waals surface area contributed by atoms with E-state index in [1.165, 1.54) is 55.6 Å². The van der Waals surface area contributed by atoms with Crippen LogP contribution >= 0.6 is 15.9 Å². The first-order valence-corrected chi connectivity index (χ1v) is 23.6. The maximum atomic E-state index is 13.8. The number of carbonyl (C=O) groups excluding carboxylic acids is 2. The first-order chi connectivity index (χ1) is 30.7. The van der Waals surface area contributed by atoms with Gasteiger partial charge in [0.1, 0.15) is 11.0 Å². The summed E-state index contributed by atoms with van der Waals surface area (Å²) in [5.41, 5.74) is 11.7. The average Bonchev–Trinajstić information content (AvgIpc) is 4.15. The monoisotopic (exact) mass is 919 g/mol. The Morgan fingerprint density at radius 1 is 0.531 bits per heavy atom. The van der Waals surface area contributed by atoms with E-state index in [0.29, 0.717) is 38.1 Å². The summed E-state index contributed by atoms with van der Waals surface area (Å²) in [7, 11) is 0. The third-order valence-corrected chi connectivity index (χ3v) is 13.2. The molecule has 10 rings (SSSR count). The molecular weight excluding hydrogens is 863 g/mol. The molecule has 0 bridgehead atoms. The molecule has 11 nitrogen and oxygen atoms in total. The molecule has 3 fully saturated rings. The summed E-state index contributed by atoms with van der Waals surface area (Å²) in [5.74, 6) is 0.107. The van der Waals surface area contributed by atoms with Crippen molar-refractivity contribution >= 4 is 66.9 Å². The summed E-state index contributed by atoms with van der Waals surface area (Å²) in [6.45, 7) is 18.2. The minimum atomic E-state index is -0.552. The average molecular weight is 921 g/mol. The van der Waals surface area contributed by atoms with Gasteiger partial charge in [-0.15, -0.1) is 0 Å².